The van der Waals surface area contributed by atoms with Gasteiger partial charge in [-0.05, 0) is 48.7 Å². The molecule has 2 aromatic carbocycles. The molecule has 27 heavy (non-hydrogen) atoms. The Morgan fingerprint density at radius 3 is 2.30 bits per heavy atom. The van der Waals surface area contributed by atoms with E-state index in [0.29, 0.717) is 23.6 Å². The highest BCUT2D eigenvalue weighted by atomic mass is 16.5. The summed E-state index contributed by atoms with van der Waals surface area (Å²) in [5.41, 5.74) is 2.66. The van der Waals surface area contributed by atoms with Gasteiger partial charge in [0.1, 0.15) is 0 Å². The Morgan fingerprint density at radius 2 is 1.63 bits per heavy atom. The summed E-state index contributed by atoms with van der Waals surface area (Å²) in [7, 11) is 3.19. The number of carbonyl (C=O) groups excluding carboxylic acids is 2. The molecular formula is C21H22N2O4. The van der Waals surface area contributed by atoms with E-state index >= 15 is 0 Å². The van der Waals surface area contributed by atoms with Gasteiger partial charge >= 0.3 is 6.03 Å². The fourth-order valence-electron chi connectivity index (χ4n) is 4.14. The number of benzene rings is 2. The highest BCUT2D eigenvalue weighted by Crippen LogP contribution is 2.44. The van der Waals surface area contributed by atoms with E-state index in [0.717, 1.165) is 11.1 Å². The maximum absolute atomic E-state index is 13.2. The molecule has 6 heteroatoms. The van der Waals surface area contributed by atoms with Gasteiger partial charge in [0.25, 0.3) is 0 Å². The summed E-state index contributed by atoms with van der Waals surface area (Å²) in [6, 6.07) is 12.4. The maximum atomic E-state index is 13.2. The predicted molar refractivity (Wildman–Crippen MR) is 101 cm³/mol. The van der Waals surface area contributed by atoms with Gasteiger partial charge in [-0.3, -0.25) is 4.79 Å². The van der Waals surface area contributed by atoms with Crippen LogP contribution in [0, 0.1) is 0 Å². The quantitative estimate of drug-likeness (QED) is 0.834. The van der Waals surface area contributed by atoms with Crippen molar-refractivity contribution in [1.82, 2.24) is 4.90 Å². The number of ether oxygens (including phenoxy) is 2. The average Bonchev–Trinajstić information content (AvgIpc) is 2.67. The summed E-state index contributed by atoms with van der Waals surface area (Å²) in [4.78, 5) is 29.2. The molecule has 0 aliphatic carbocycles. The summed E-state index contributed by atoms with van der Waals surface area (Å²) >= 11 is 0. The highest BCUT2D eigenvalue weighted by Gasteiger charge is 2.45. The van der Waals surface area contributed by atoms with Crippen LogP contribution in [-0.4, -0.2) is 37.1 Å². The van der Waals surface area contributed by atoms with Gasteiger partial charge in [-0.1, -0.05) is 18.2 Å². The van der Waals surface area contributed by atoms with Crippen LogP contribution in [0.5, 0.6) is 11.5 Å². The van der Waals surface area contributed by atoms with Crippen molar-refractivity contribution < 1.29 is 19.1 Å². The van der Waals surface area contributed by atoms with Crippen molar-refractivity contribution in [2.45, 2.75) is 31.8 Å². The number of imide groups is 1. The molecule has 0 N–H and O–H groups in total. The number of carbonyl (C=O) groups is 2. The van der Waals surface area contributed by atoms with E-state index in [1.54, 1.807) is 26.4 Å². The largest absolute Gasteiger partial charge is 0.493 e. The van der Waals surface area contributed by atoms with Crippen LogP contribution in [0.3, 0.4) is 0 Å². The first-order valence-electron chi connectivity index (χ1n) is 9.00. The Labute approximate surface area is 158 Å². The number of methoxy groups -OCH3 is 2. The van der Waals surface area contributed by atoms with Crippen molar-refractivity contribution in [3.05, 3.63) is 53.6 Å². The molecule has 2 aliphatic heterocycles. The van der Waals surface area contributed by atoms with E-state index in [-0.39, 0.29) is 30.4 Å². The molecule has 0 aromatic heterocycles. The van der Waals surface area contributed by atoms with Gasteiger partial charge < -0.3 is 14.4 Å². The van der Waals surface area contributed by atoms with Crippen molar-refractivity contribution in [3.63, 3.8) is 0 Å². The summed E-state index contributed by atoms with van der Waals surface area (Å²) < 4.78 is 10.8. The number of urea groups is 1. The third kappa shape index (κ3) is 2.72. The van der Waals surface area contributed by atoms with Crippen LogP contribution < -0.4 is 14.4 Å². The summed E-state index contributed by atoms with van der Waals surface area (Å²) in [6.07, 6.45) is 0.947. The molecular weight excluding hydrogens is 344 g/mol. The lowest BCUT2D eigenvalue weighted by atomic mass is 9.85. The van der Waals surface area contributed by atoms with Gasteiger partial charge in [0.2, 0.25) is 5.91 Å². The summed E-state index contributed by atoms with van der Waals surface area (Å²) in [5.74, 6) is 1.08. The minimum absolute atomic E-state index is 0.0209. The monoisotopic (exact) mass is 366 g/mol. The SMILES string of the molecule is COc1cc2c(cc1OC)C1CC(=O)N(c3ccccc3)C(=O)N1[C@H](C)C2. The molecule has 6 nitrogen and oxygen atoms in total. The second-order valence-corrected chi connectivity index (χ2v) is 6.93. The maximum Gasteiger partial charge on any atom is 0.332 e. The molecule has 3 amide bonds. The Morgan fingerprint density at radius 1 is 0.963 bits per heavy atom. The molecule has 4 rings (SSSR count). The van der Waals surface area contributed by atoms with Crippen molar-refractivity contribution in [3.8, 4) is 11.5 Å². The third-order valence-electron chi connectivity index (χ3n) is 5.37. The van der Waals surface area contributed by atoms with Gasteiger partial charge in [-0.25, -0.2) is 9.69 Å². The average molecular weight is 366 g/mol. The number of rotatable bonds is 3. The molecule has 2 aromatic rings. The molecule has 0 saturated carbocycles. The van der Waals surface area contributed by atoms with Crippen LogP contribution in [0.4, 0.5) is 10.5 Å². The summed E-state index contributed by atoms with van der Waals surface area (Å²) in [6.45, 7) is 2.02. The van der Waals surface area contributed by atoms with E-state index in [9.17, 15) is 9.59 Å². The van der Waals surface area contributed by atoms with E-state index in [2.05, 4.69) is 0 Å². The lowest BCUT2D eigenvalue weighted by molar-refractivity contribution is -0.120. The Hall–Kier alpha value is -3.02. The van der Waals surface area contributed by atoms with Gasteiger partial charge in [0.15, 0.2) is 11.5 Å². The molecule has 1 fully saturated rings. The van der Waals surface area contributed by atoms with Crippen molar-refractivity contribution >= 4 is 17.6 Å². The second kappa shape index (κ2) is 6.61. The number of hydrogen-bond donors (Lipinski definition) is 0. The van der Waals surface area contributed by atoms with Crippen LogP contribution in [0.15, 0.2) is 42.5 Å². The highest BCUT2D eigenvalue weighted by molar-refractivity contribution is 6.16. The molecule has 2 aliphatic rings. The molecule has 0 radical (unpaired) electrons. The van der Waals surface area contributed by atoms with Gasteiger partial charge in [0.05, 0.1) is 32.4 Å². The molecule has 1 unspecified atom stereocenters. The van der Waals surface area contributed by atoms with Crippen molar-refractivity contribution in [2.75, 3.05) is 19.1 Å². The molecule has 2 heterocycles. The van der Waals surface area contributed by atoms with E-state index in [1.165, 1.54) is 4.90 Å². The Bertz CT molecular complexity index is 897. The van der Waals surface area contributed by atoms with Gasteiger partial charge in [-0.2, -0.15) is 0 Å². The first-order chi connectivity index (χ1) is 13.0. The first-order valence-corrected chi connectivity index (χ1v) is 9.00. The normalized spacial score (nSPS) is 21.6. The molecule has 0 bridgehead atoms. The molecule has 0 spiro atoms. The van der Waals surface area contributed by atoms with Gasteiger partial charge in [0, 0.05) is 6.04 Å². The van der Waals surface area contributed by atoms with Crippen LogP contribution in [0.2, 0.25) is 0 Å². The van der Waals surface area contributed by atoms with Crippen LogP contribution >= 0.6 is 0 Å². The number of amides is 3. The minimum Gasteiger partial charge on any atom is -0.493 e. The van der Waals surface area contributed by atoms with Crippen LogP contribution in [-0.2, 0) is 11.2 Å². The van der Waals surface area contributed by atoms with E-state index in [4.69, 9.17) is 9.47 Å². The second-order valence-electron chi connectivity index (χ2n) is 6.93. The first kappa shape index (κ1) is 17.4. The van der Waals surface area contributed by atoms with Crippen molar-refractivity contribution in [2.24, 2.45) is 0 Å². The zero-order chi connectivity index (χ0) is 19.1. The fourth-order valence-corrected chi connectivity index (χ4v) is 4.14. The number of anilines is 1. The number of hydrogen-bond acceptors (Lipinski definition) is 4. The third-order valence-corrected chi connectivity index (χ3v) is 5.37. The topological polar surface area (TPSA) is 59.1 Å². The summed E-state index contributed by atoms with van der Waals surface area (Å²) in [5, 5.41) is 0. The van der Waals surface area contributed by atoms with Crippen LogP contribution in [0.1, 0.15) is 30.5 Å². The fraction of sp³-hybridized carbons (Fsp3) is 0.333. The zero-order valence-electron chi connectivity index (χ0n) is 15.6. The Balaban J connectivity index is 1.77. The number of fused-ring (bicyclic) bond motifs is 3. The lowest BCUT2D eigenvalue weighted by Gasteiger charge is -2.47. The van der Waals surface area contributed by atoms with Gasteiger partial charge in [-0.15, -0.1) is 0 Å². The smallest absolute Gasteiger partial charge is 0.332 e. The standard InChI is InChI=1S/C21H22N2O4/c1-13-9-14-10-18(26-2)19(27-3)11-16(14)17-12-20(24)23(21(25)22(13)17)15-7-5-4-6-8-15/h4-8,10-11,13,17H,9,12H2,1-3H3/t13-,17?/m1/s1. The minimum atomic E-state index is -0.288. The zero-order valence-corrected chi connectivity index (χ0v) is 15.6. The van der Waals surface area contributed by atoms with E-state index in [1.807, 2.05) is 42.2 Å². The predicted octanol–water partition coefficient (Wildman–Crippen LogP) is 3.55. The Kier molecular flexibility index (Phi) is 4.26. The molecule has 2 atom stereocenters. The number of para-hydroxylation sites is 1. The van der Waals surface area contributed by atoms with Crippen molar-refractivity contribution in [1.29, 1.82) is 0 Å². The number of nitrogens with zero attached hydrogens (tertiary/aromatic N) is 2. The molecule has 1 saturated heterocycles. The van der Waals surface area contributed by atoms with Crippen LogP contribution in [0.25, 0.3) is 0 Å². The lowest BCUT2D eigenvalue weighted by Crippen LogP contribution is -2.58. The van der Waals surface area contributed by atoms with E-state index < -0.39 is 0 Å². The molecule has 140 valence electrons.